The van der Waals surface area contributed by atoms with Gasteiger partial charge >= 0.3 is 6.03 Å². The largest absolute Gasteiger partial charge is 0.497 e. The van der Waals surface area contributed by atoms with E-state index in [0.29, 0.717) is 25.3 Å². The second kappa shape index (κ2) is 5.27. The van der Waals surface area contributed by atoms with Gasteiger partial charge in [-0.05, 0) is 25.0 Å². The summed E-state index contributed by atoms with van der Waals surface area (Å²) in [6, 6.07) is 5.36. The van der Waals surface area contributed by atoms with E-state index in [4.69, 9.17) is 4.74 Å². The quantitative estimate of drug-likeness (QED) is 0.838. The molecule has 2 amide bonds. The third-order valence-electron chi connectivity index (χ3n) is 3.14. The number of likely N-dealkylation sites (tertiary alicyclic amines) is 1. The lowest BCUT2D eigenvalue weighted by Gasteiger charge is -2.17. The minimum Gasteiger partial charge on any atom is -0.497 e. The minimum atomic E-state index is -0.401. The molecule has 5 nitrogen and oxygen atoms in total. The summed E-state index contributed by atoms with van der Waals surface area (Å²) < 4.78 is 5.13. The van der Waals surface area contributed by atoms with Crippen molar-refractivity contribution in [2.24, 2.45) is 0 Å². The van der Waals surface area contributed by atoms with Crippen molar-refractivity contribution in [1.82, 2.24) is 4.90 Å². The number of ether oxygens (including phenoxy) is 1. The number of anilines is 1. The first-order valence-electron chi connectivity index (χ1n) is 5.99. The molecule has 5 heteroatoms. The van der Waals surface area contributed by atoms with Crippen molar-refractivity contribution in [3.05, 3.63) is 23.8 Å². The number of aliphatic hydroxyl groups is 1. The van der Waals surface area contributed by atoms with Crippen molar-refractivity contribution < 1.29 is 14.6 Å². The molecule has 0 unspecified atom stereocenters. The van der Waals surface area contributed by atoms with Gasteiger partial charge in [-0.2, -0.15) is 0 Å². The fourth-order valence-electron chi connectivity index (χ4n) is 1.98. The van der Waals surface area contributed by atoms with E-state index >= 15 is 0 Å². The van der Waals surface area contributed by atoms with Crippen molar-refractivity contribution >= 4 is 11.7 Å². The van der Waals surface area contributed by atoms with Crippen LogP contribution in [0.4, 0.5) is 10.5 Å². The smallest absolute Gasteiger partial charge is 0.321 e. The average Bonchev–Trinajstić information content (AvgIpc) is 2.79. The van der Waals surface area contributed by atoms with Gasteiger partial charge in [0.2, 0.25) is 0 Å². The van der Waals surface area contributed by atoms with Crippen LogP contribution in [0.5, 0.6) is 5.75 Å². The van der Waals surface area contributed by atoms with E-state index in [1.807, 2.05) is 19.1 Å². The van der Waals surface area contributed by atoms with Crippen LogP contribution in [0, 0.1) is 6.92 Å². The number of hydrogen-bond donors (Lipinski definition) is 2. The maximum absolute atomic E-state index is 12.0. The van der Waals surface area contributed by atoms with Crippen LogP contribution < -0.4 is 10.1 Å². The average molecular weight is 250 g/mol. The number of methoxy groups -OCH3 is 1. The van der Waals surface area contributed by atoms with Crippen molar-refractivity contribution in [1.29, 1.82) is 0 Å². The summed E-state index contributed by atoms with van der Waals surface area (Å²) in [7, 11) is 1.59. The summed E-state index contributed by atoms with van der Waals surface area (Å²) in [4.78, 5) is 13.6. The zero-order chi connectivity index (χ0) is 13.1. The van der Waals surface area contributed by atoms with E-state index in [1.54, 1.807) is 18.1 Å². The predicted molar refractivity (Wildman–Crippen MR) is 68.9 cm³/mol. The minimum absolute atomic E-state index is 0.178. The molecule has 0 radical (unpaired) electrons. The van der Waals surface area contributed by atoms with Gasteiger partial charge in [0, 0.05) is 24.8 Å². The lowest BCUT2D eigenvalue weighted by Crippen LogP contribution is -2.33. The lowest BCUT2D eigenvalue weighted by atomic mass is 10.2. The van der Waals surface area contributed by atoms with E-state index in [9.17, 15) is 9.90 Å². The van der Waals surface area contributed by atoms with Crippen LogP contribution >= 0.6 is 0 Å². The molecule has 1 atom stereocenters. The lowest BCUT2D eigenvalue weighted by molar-refractivity contribution is 0.176. The Labute approximate surface area is 106 Å². The number of urea groups is 1. The molecule has 0 bridgehead atoms. The summed E-state index contributed by atoms with van der Waals surface area (Å²) >= 11 is 0. The van der Waals surface area contributed by atoms with Gasteiger partial charge in [-0.1, -0.05) is 6.07 Å². The highest BCUT2D eigenvalue weighted by molar-refractivity contribution is 5.90. The molecule has 18 heavy (non-hydrogen) atoms. The molecule has 0 saturated carbocycles. The Bertz CT molecular complexity index is 448. The van der Waals surface area contributed by atoms with Gasteiger partial charge in [0.05, 0.1) is 13.2 Å². The van der Waals surface area contributed by atoms with Crippen LogP contribution in [0.2, 0.25) is 0 Å². The number of nitrogens with one attached hydrogen (secondary N) is 1. The molecule has 1 fully saturated rings. The standard InChI is InChI=1S/C13H18N2O3/c1-9-3-4-11(18-2)7-12(9)14-13(17)15-6-5-10(16)8-15/h3-4,7,10,16H,5-6,8H2,1-2H3,(H,14,17)/t10-/m0/s1. The van der Waals surface area contributed by atoms with Crippen LogP contribution in [0.1, 0.15) is 12.0 Å². The van der Waals surface area contributed by atoms with Crippen molar-refractivity contribution in [2.75, 3.05) is 25.5 Å². The highest BCUT2D eigenvalue weighted by Crippen LogP contribution is 2.22. The van der Waals surface area contributed by atoms with Gasteiger partial charge in [-0.15, -0.1) is 0 Å². The van der Waals surface area contributed by atoms with Crippen LogP contribution in [0.15, 0.2) is 18.2 Å². The molecular weight excluding hydrogens is 232 g/mol. The first-order chi connectivity index (χ1) is 8.60. The van der Waals surface area contributed by atoms with Crippen LogP contribution in [0.25, 0.3) is 0 Å². The Morgan fingerprint density at radius 1 is 1.56 bits per heavy atom. The Kier molecular flexibility index (Phi) is 3.72. The summed E-state index contributed by atoms with van der Waals surface area (Å²) in [5.41, 5.74) is 1.71. The zero-order valence-corrected chi connectivity index (χ0v) is 10.6. The molecule has 1 heterocycles. The summed E-state index contributed by atoms with van der Waals surface area (Å²) in [5.74, 6) is 0.706. The molecule has 1 aromatic carbocycles. The number of β-amino-alcohol motifs (C(OH)–C–C–N with tert-alkyl or cyclic N) is 1. The van der Waals surface area contributed by atoms with Crippen LogP contribution in [-0.4, -0.2) is 42.3 Å². The van der Waals surface area contributed by atoms with Gasteiger partial charge < -0.3 is 20.1 Å². The maximum Gasteiger partial charge on any atom is 0.321 e. The number of hydrogen-bond acceptors (Lipinski definition) is 3. The molecular formula is C13H18N2O3. The Hall–Kier alpha value is -1.75. The molecule has 1 saturated heterocycles. The van der Waals surface area contributed by atoms with E-state index in [2.05, 4.69) is 5.32 Å². The van der Waals surface area contributed by atoms with E-state index in [0.717, 1.165) is 11.3 Å². The number of aryl methyl sites for hydroxylation is 1. The second-order valence-electron chi connectivity index (χ2n) is 4.50. The fraction of sp³-hybridized carbons (Fsp3) is 0.462. The Balaban J connectivity index is 2.06. The third kappa shape index (κ3) is 2.73. The number of nitrogens with zero attached hydrogens (tertiary/aromatic N) is 1. The number of rotatable bonds is 2. The second-order valence-corrected chi connectivity index (χ2v) is 4.50. The van der Waals surface area contributed by atoms with Crippen molar-refractivity contribution in [3.63, 3.8) is 0 Å². The molecule has 2 rings (SSSR count). The summed E-state index contributed by atoms with van der Waals surface area (Å²) in [6.45, 7) is 2.92. The first-order valence-corrected chi connectivity index (χ1v) is 5.99. The Morgan fingerprint density at radius 2 is 2.33 bits per heavy atom. The summed E-state index contributed by atoms with van der Waals surface area (Å²) in [5, 5.41) is 12.3. The van der Waals surface area contributed by atoms with Gasteiger partial charge in [0.25, 0.3) is 0 Å². The first kappa shape index (κ1) is 12.7. The van der Waals surface area contributed by atoms with Gasteiger partial charge in [0.1, 0.15) is 5.75 Å². The fourth-order valence-corrected chi connectivity index (χ4v) is 1.98. The van der Waals surface area contributed by atoms with E-state index in [1.165, 1.54) is 0 Å². The monoisotopic (exact) mass is 250 g/mol. The summed E-state index contributed by atoms with van der Waals surface area (Å²) in [6.07, 6.45) is 0.243. The van der Waals surface area contributed by atoms with E-state index < -0.39 is 6.10 Å². The highest BCUT2D eigenvalue weighted by atomic mass is 16.5. The molecule has 0 aromatic heterocycles. The third-order valence-corrected chi connectivity index (χ3v) is 3.14. The van der Waals surface area contributed by atoms with Gasteiger partial charge in [0.15, 0.2) is 0 Å². The maximum atomic E-state index is 12.0. The molecule has 0 aliphatic carbocycles. The number of benzene rings is 1. The molecule has 1 aliphatic heterocycles. The number of amides is 2. The number of carbonyl (C=O) groups is 1. The Morgan fingerprint density at radius 3 is 2.94 bits per heavy atom. The molecule has 0 spiro atoms. The van der Waals surface area contributed by atoms with Crippen LogP contribution in [-0.2, 0) is 0 Å². The van der Waals surface area contributed by atoms with Gasteiger partial charge in [-0.3, -0.25) is 0 Å². The predicted octanol–water partition coefficient (Wildman–Crippen LogP) is 1.60. The zero-order valence-electron chi connectivity index (χ0n) is 10.6. The number of carbonyl (C=O) groups excluding carboxylic acids is 1. The molecule has 1 aliphatic rings. The van der Waals surface area contributed by atoms with E-state index in [-0.39, 0.29) is 6.03 Å². The number of aliphatic hydroxyl groups excluding tert-OH is 1. The van der Waals surface area contributed by atoms with Crippen molar-refractivity contribution in [3.8, 4) is 5.75 Å². The van der Waals surface area contributed by atoms with Crippen molar-refractivity contribution in [2.45, 2.75) is 19.4 Å². The van der Waals surface area contributed by atoms with Crippen LogP contribution in [0.3, 0.4) is 0 Å². The normalized spacial score (nSPS) is 18.8. The highest BCUT2D eigenvalue weighted by Gasteiger charge is 2.24. The van der Waals surface area contributed by atoms with Gasteiger partial charge in [-0.25, -0.2) is 4.79 Å². The topological polar surface area (TPSA) is 61.8 Å². The molecule has 98 valence electrons. The molecule has 1 aromatic rings. The molecule has 2 N–H and O–H groups in total. The SMILES string of the molecule is COc1ccc(C)c(NC(=O)N2CC[C@H](O)C2)c1.